The van der Waals surface area contributed by atoms with Crippen molar-refractivity contribution in [1.82, 2.24) is 13.7 Å². The van der Waals surface area contributed by atoms with E-state index in [1.807, 2.05) is 13.0 Å². The maximum Gasteiger partial charge on any atom is 0.500 e. The molecular formula is C33H37N5O8SSi. The Kier molecular flexibility index (Phi) is 11.7. The Hall–Kier alpha value is -4.63. The molecule has 0 aliphatic carbocycles. The smallest absolute Gasteiger partial charge is 0.377 e. The molecule has 1 heterocycles. The van der Waals surface area contributed by atoms with Gasteiger partial charge in [-0.3, -0.25) is 4.79 Å². The Balaban J connectivity index is 1.84. The molecule has 0 saturated heterocycles. The van der Waals surface area contributed by atoms with E-state index in [4.69, 9.17) is 13.3 Å². The van der Waals surface area contributed by atoms with Gasteiger partial charge in [0.05, 0.1) is 22.7 Å². The molecule has 15 heteroatoms. The largest absolute Gasteiger partial charge is 0.500 e. The van der Waals surface area contributed by atoms with Gasteiger partial charge in [-0.2, -0.15) is 4.99 Å². The van der Waals surface area contributed by atoms with Crippen LogP contribution in [0.15, 0.2) is 74.0 Å². The quantitative estimate of drug-likeness (QED) is 0.0949. The Morgan fingerprint density at radius 1 is 0.771 bits per heavy atom. The highest BCUT2D eigenvalue weighted by Crippen LogP contribution is 2.23. The number of benzene rings is 3. The van der Waals surface area contributed by atoms with Gasteiger partial charge in [-0.25, -0.2) is 32.9 Å². The molecule has 252 valence electrons. The first-order valence-electron chi connectivity index (χ1n) is 14.9. The first-order valence-corrected chi connectivity index (χ1v) is 17.8. The van der Waals surface area contributed by atoms with Crippen LogP contribution in [0.25, 0.3) is 17.1 Å². The van der Waals surface area contributed by atoms with Crippen molar-refractivity contribution in [3.05, 3.63) is 108 Å². The lowest BCUT2D eigenvalue weighted by Crippen LogP contribution is -2.53. The summed E-state index contributed by atoms with van der Waals surface area (Å²) in [5.41, 5.74) is 0.858. The van der Waals surface area contributed by atoms with Crippen molar-refractivity contribution in [2.75, 3.05) is 32.4 Å². The van der Waals surface area contributed by atoms with Gasteiger partial charge in [0.2, 0.25) is 6.08 Å². The molecule has 0 saturated carbocycles. The number of aryl methyl sites for hydroxylation is 4. The van der Waals surface area contributed by atoms with Crippen LogP contribution in [-0.4, -0.2) is 60.9 Å². The Morgan fingerprint density at radius 2 is 1.27 bits per heavy atom. The van der Waals surface area contributed by atoms with E-state index in [2.05, 4.69) is 10.3 Å². The number of anilines is 1. The molecule has 1 aromatic heterocycles. The fraction of sp³-hybridized carbons (Fsp3) is 0.303. The Labute approximate surface area is 282 Å². The van der Waals surface area contributed by atoms with Crippen LogP contribution in [0.5, 0.6) is 0 Å². The lowest BCUT2D eigenvalue weighted by Gasteiger charge is -2.24. The zero-order valence-electron chi connectivity index (χ0n) is 27.8. The van der Waals surface area contributed by atoms with E-state index in [9.17, 15) is 24.0 Å². The van der Waals surface area contributed by atoms with Crippen LogP contribution in [0.3, 0.4) is 0 Å². The zero-order chi connectivity index (χ0) is 35.2. The van der Waals surface area contributed by atoms with E-state index < -0.39 is 25.9 Å². The number of aliphatic imine (C=N–C) groups is 1. The van der Waals surface area contributed by atoms with Gasteiger partial charge < -0.3 is 18.6 Å². The third-order valence-electron chi connectivity index (χ3n) is 7.85. The number of aromatic nitrogens is 3. The summed E-state index contributed by atoms with van der Waals surface area (Å²) in [5.74, 6) is 0.465. The molecule has 1 amide bonds. The molecule has 1 N–H and O–H groups in total. The molecule has 0 aliphatic rings. The Morgan fingerprint density at radius 3 is 1.81 bits per heavy atom. The summed E-state index contributed by atoms with van der Waals surface area (Å²) in [5, 5.41) is 2.46. The van der Waals surface area contributed by atoms with E-state index in [0.29, 0.717) is 46.3 Å². The first-order chi connectivity index (χ1) is 22.9. The number of carbonyl (C=O) groups excluding carboxylic acids is 2. The molecular weight excluding hydrogens is 655 g/mol. The maximum absolute atomic E-state index is 14.3. The molecule has 0 fully saturated rings. The summed E-state index contributed by atoms with van der Waals surface area (Å²) in [7, 11) is 1.83. The second kappa shape index (κ2) is 15.5. The minimum Gasteiger partial charge on any atom is -0.377 e. The monoisotopic (exact) mass is 691 g/mol. The number of rotatable bonds is 12. The van der Waals surface area contributed by atoms with Crippen molar-refractivity contribution < 1.29 is 22.9 Å². The summed E-state index contributed by atoms with van der Waals surface area (Å²) < 4.78 is 19.0. The predicted octanol–water partition coefficient (Wildman–Crippen LogP) is 4.87. The highest BCUT2D eigenvalue weighted by Gasteiger charge is 2.36. The lowest BCUT2D eigenvalue weighted by molar-refractivity contribution is 0.123. The summed E-state index contributed by atoms with van der Waals surface area (Å²) in [6.45, 7) is 6.98. The van der Waals surface area contributed by atoms with E-state index in [1.54, 1.807) is 57.2 Å². The maximum atomic E-state index is 14.3. The third-order valence-corrected chi connectivity index (χ3v) is 11.5. The van der Waals surface area contributed by atoms with Crippen LogP contribution in [0.1, 0.15) is 28.7 Å². The number of hydrogen-bond acceptors (Lipinski definition) is 10. The molecule has 3 aromatic carbocycles. The van der Waals surface area contributed by atoms with Crippen LogP contribution in [0.2, 0.25) is 6.04 Å². The molecule has 0 spiro atoms. The SMILES string of the molecule is CO[Si](CCCSC(=O)Nc1ccc(C)c(-n2c(=O)n(-c3cc(C)ccc3C)c(=O)n(-c3cc(N=C=O)ccc3C)c2=O)c1)(OC)OC. The molecule has 0 radical (unpaired) electrons. The van der Waals surface area contributed by atoms with Crippen molar-refractivity contribution in [1.29, 1.82) is 0 Å². The lowest BCUT2D eigenvalue weighted by atomic mass is 10.1. The molecule has 4 aromatic rings. The van der Waals surface area contributed by atoms with E-state index in [1.165, 1.54) is 39.5 Å². The van der Waals surface area contributed by atoms with Crippen LogP contribution < -0.4 is 22.4 Å². The van der Waals surface area contributed by atoms with Crippen LogP contribution in [0, 0.1) is 27.7 Å². The van der Waals surface area contributed by atoms with E-state index in [0.717, 1.165) is 31.0 Å². The van der Waals surface area contributed by atoms with Crippen LogP contribution in [-0.2, 0) is 18.1 Å². The Bertz CT molecular complexity index is 2070. The number of nitrogens with one attached hydrogen (secondary N) is 1. The van der Waals surface area contributed by atoms with Gasteiger partial charge >= 0.3 is 25.9 Å². The fourth-order valence-corrected chi connectivity index (χ4v) is 7.82. The molecule has 0 bridgehead atoms. The van der Waals surface area contributed by atoms with E-state index >= 15 is 0 Å². The second-order valence-electron chi connectivity index (χ2n) is 11.0. The number of hydrogen-bond donors (Lipinski definition) is 1. The number of nitrogens with zero attached hydrogens (tertiary/aromatic N) is 4. The molecule has 0 atom stereocenters. The van der Waals surface area contributed by atoms with Crippen LogP contribution in [0.4, 0.5) is 16.2 Å². The van der Waals surface area contributed by atoms with Gasteiger partial charge in [0, 0.05) is 38.8 Å². The third kappa shape index (κ3) is 7.57. The minimum atomic E-state index is -2.76. The average molecular weight is 692 g/mol. The number of carbonyl (C=O) groups is 1. The summed E-state index contributed by atoms with van der Waals surface area (Å²) >= 11 is 1.06. The fourth-order valence-electron chi connectivity index (χ4n) is 5.18. The highest BCUT2D eigenvalue weighted by atomic mass is 32.2. The van der Waals surface area contributed by atoms with Crippen molar-refractivity contribution in [3.8, 4) is 17.1 Å². The normalized spacial score (nSPS) is 11.3. The van der Waals surface area contributed by atoms with Crippen molar-refractivity contribution in [2.24, 2.45) is 4.99 Å². The average Bonchev–Trinajstić information content (AvgIpc) is 3.06. The standard InChI is InChI=1S/C33H37N5O8SSi/c1-21-9-10-22(2)27(17-21)36-31(41)37(28-18-25(34-20-39)13-11-23(28)3)33(43)38(32(36)42)29-19-26(14-12-24(29)4)35-30(40)47-15-8-16-48(44-5,45-6)46-7/h9-14,17-19H,8,15-16H2,1-7H3,(H,35,40). The van der Waals surface area contributed by atoms with Gasteiger partial charge in [-0.05, 0) is 86.7 Å². The van der Waals surface area contributed by atoms with Gasteiger partial charge in [0.15, 0.2) is 0 Å². The van der Waals surface area contributed by atoms with Gasteiger partial charge in [-0.15, -0.1) is 0 Å². The predicted molar refractivity (Wildman–Crippen MR) is 188 cm³/mol. The second-order valence-corrected chi connectivity index (χ2v) is 15.1. The molecule has 48 heavy (non-hydrogen) atoms. The van der Waals surface area contributed by atoms with Crippen molar-refractivity contribution >= 4 is 43.3 Å². The van der Waals surface area contributed by atoms with Gasteiger partial charge in [0.1, 0.15) is 0 Å². The zero-order valence-corrected chi connectivity index (χ0v) is 29.6. The molecule has 0 unspecified atom stereocenters. The number of amides is 1. The van der Waals surface area contributed by atoms with Gasteiger partial charge in [-0.1, -0.05) is 36.0 Å². The molecule has 0 aliphatic heterocycles. The molecule has 4 rings (SSSR count). The summed E-state index contributed by atoms with van der Waals surface area (Å²) in [6, 6.07) is 15.2. The number of isocyanates is 1. The van der Waals surface area contributed by atoms with E-state index in [-0.39, 0.29) is 22.3 Å². The van der Waals surface area contributed by atoms with Crippen LogP contribution >= 0.6 is 11.8 Å². The first kappa shape index (κ1) is 36.2. The minimum absolute atomic E-state index is 0.135. The van der Waals surface area contributed by atoms with Crippen molar-refractivity contribution in [3.63, 3.8) is 0 Å². The van der Waals surface area contributed by atoms with Crippen molar-refractivity contribution in [2.45, 2.75) is 40.2 Å². The topological polar surface area (TPSA) is 152 Å². The number of thioether (sulfide) groups is 1. The molecule has 13 nitrogen and oxygen atoms in total. The highest BCUT2D eigenvalue weighted by molar-refractivity contribution is 8.13. The summed E-state index contributed by atoms with van der Waals surface area (Å²) in [4.78, 5) is 70.2. The van der Waals surface area contributed by atoms with Gasteiger partial charge in [0.25, 0.3) is 5.24 Å². The summed E-state index contributed by atoms with van der Waals surface area (Å²) in [6.07, 6.45) is 2.07.